The molecule has 0 spiro atoms. The minimum absolute atomic E-state index is 0.0809. The van der Waals surface area contributed by atoms with Crippen LogP contribution in [0.25, 0.3) is 0 Å². The summed E-state index contributed by atoms with van der Waals surface area (Å²) in [6, 6.07) is 38.2. The molecule has 4 aromatic carbocycles. The van der Waals surface area contributed by atoms with Crippen LogP contribution in [-0.2, 0) is 40.5 Å². The molecule has 40 heavy (non-hydrogen) atoms. The smallest absolute Gasteiger partial charge is 0.126 e. The van der Waals surface area contributed by atoms with E-state index in [4.69, 9.17) is 14.2 Å². The SMILES string of the molecule is O[C@H]1[C@H](OCc2ccccc2)[C@@H](O)[C@@](O)(Cc2ccccc2)[C@@H](OCc2ccccc2)[C@H]1OCc1ccccc1. The lowest BCUT2D eigenvalue weighted by Crippen LogP contribution is -2.73. The van der Waals surface area contributed by atoms with Crippen molar-refractivity contribution in [2.75, 3.05) is 0 Å². The number of hydrogen-bond donors (Lipinski definition) is 3. The predicted octanol–water partition coefficient (Wildman–Crippen LogP) is 4.45. The number of benzene rings is 4. The minimum atomic E-state index is -1.82. The summed E-state index contributed by atoms with van der Waals surface area (Å²) in [5, 5.41) is 35.7. The van der Waals surface area contributed by atoms with Crippen LogP contribution in [0.4, 0.5) is 0 Å². The van der Waals surface area contributed by atoms with Crippen molar-refractivity contribution >= 4 is 0 Å². The highest BCUT2D eigenvalue weighted by Gasteiger charge is 2.60. The van der Waals surface area contributed by atoms with Crippen LogP contribution in [0.3, 0.4) is 0 Å². The van der Waals surface area contributed by atoms with Gasteiger partial charge in [0.15, 0.2) is 0 Å². The van der Waals surface area contributed by atoms with Crippen molar-refractivity contribution in [3.05, 3.63) is 144 Å². The maximum Gasteiger partial charge on any atom is 0.126 e. The molecule has 0 aromatic heterocycles. The van der Waals surface area contributed by atoms with E-state index in [1.165, 1.54) is 0 Å². The van der Waals surface area contributed by atoms with E-state index in [9.17, 15) is 15.3 Å². The minimum Gasteiger partial charge on any atom is -0.387 e. The number of rotatable bonds is 11. The molecule has 1 fully saturated rings. The van der Waals surface area contributed by atoms with Crippen molar-refractivity contribution in [3.8, 4) is 0 Å². The number of hydrogen-bond acceptors (Lipinski definition) is 6. The molecule has 5 rings (SSSR count). The van der Waals surface area contributed by atoms with Gasteiger partial charge < -0.3 is 29.5 Å². The lowest BCUT2D eigenvalue weighted by atomic mass is 9.71. The summed E-state index contributed by atoms with van der Waals surface area (Å²) in [6.07, 6.45) is -5.80. The second-order valence-electron chi connectivity index (χ2n) is 10.3. The molecular formula is C34H36O6. The lowest BCUT2D eigenvalue weighted by Gasteiger charge is -2.52. The monoisotopic (exact) mass is 540 g/mol. The summed E-state index contributed by atoms with van der Waals surface area (Å²) in [4.78, 5) is 0. The fourth-order valence-electron chi connectivity index (χ4n) is 5.33. The molecule has 1 aliphatic rings. The normalized spacial score (nSPS) is 26.4. The van der Waals surface area contributed by atoms with Crippen LogP contribution in [-0.4, -0.2) is 51.4 Å². The fourth-order valence-corrected chi connectivity index (χ4v) is 5.33. The zero-order valence-electron chi connectivity index (χ0n) is 22.3. The Hall–Kier alpha value is -3.36. The van der Waals surface area contributed by atoms with Gasteiger partial charge in [-0.05, 0) is 22.3 Å². The van der Waals surface area contributed by atoms with Crippen molar-refractivity contribution in [3.63, 3.8) is 0 Å². The maximum atomic E-state index is 12.3. The first-order chi connectivity index (χ1) is 19.5. The van der Waals surface area contributed by atoms with Crippen molar-refractivity contribution in [1.82, 2.24) is 0 Å². The van der Waals surface area contributed by atoms with E-state index in [1.807, 2.05) is 121 Å². The second-order valence-corrected chi connectivity index (χ2v) is 10.3. The molecule has 0 radical (unpaired) electrons. The first-order valence-corrected chi connectivity index (χ1v) is 13.6. The molecule has 0 unspecified atom stereocenters. The van der Waals surface area contributed by atoms with Gasteiger partial charge in [-0.3, -0.25) is 0 Å². The highest BCUT2D eigenvalue weighted by atomic mass is 16.6. The molecule has 0 heterocycles. The Bertz CT molecular complexity index is 1290. The third-order valence-corrected chi connectivity index (χ3v) is 7.46. The van der Waals surface area contributed by atoms with Crippen LogP contribution in [0.2, 0.25) is 0 Å². The van der Waals surface area contributed by atoms with E-state index in [1.54, 1.807) is 0 Å². The van der Waals surface area contributed by atoms with Crippen molar-refractivity contribution in [2.45, 2.75) is 62.4 Å². The Morgan fingerprint density at radius 1 is 0.500 bits per heavy atom. The molecular weight excluding hydrogens is 504 g/mol. The van der Waals surface area contributed by atoms with Gasteiger partial charge in [0.05, 0.1) is 19.8 Å². The molecule has 1 saturated carbocycles. The van der Waals surface area contributed by atoms with E-state index in [0.717, 1.165) is 22.3 Å². The van der Waals surface area contributed by atoms with Gasteiger partial charge >= 0.3 is 0 Å². The number of aliphatic hydroxyl groups excluding tert-OH is 2. The van der Waals surface area contributed by atoms with Gasteiger partial charge in [0, 0.05) is 6.42 Å². The predicted molar refractivity (Wildman–Crippen MR) is 152 cm³/mol. The quantitative estimate of drug-likeness (QED) is 0.261. The zero-order valence-corrected chi connectivity index (χ0v) is 22.3. The van der Waals surface area contributed by atoms with Crippen LogP contribution < -0.4 is 0 Å². The lowest BCUT2D eigenvalue weighted by molar-refractivity contribution is -0.299. The Balaban J connectivity index is 1.48. The van der Waals surface area contributed by atoms with E-state index in [2.05, 4.69) is 0 Å². The van der Waals surface area contributed by atoms with E-state index >= 15 is 0 Å². The fraction of sp³-hybridized carbons (Fsp3) is 0.294. The van der Waals surface area contributed by atoms with Gasteiger partial charge in [-0.1, -0.05) is 121 Å². The largest absolute Gasteiger partial charge is 0.387 e. The second kappa shape index (κ2) is 13.3. The van der Waals surface area contributed by atoms with Gasteiger partial charge in [-0.15, -0.1) is 0 Å². The molecule has 0 aliphatic heterocycles. The molecule has 0 bridgehead atoms. The molecule has 6 nitrogen and oxygen atoms in total. The molecule has 6 atom stereocenters. The van der Waals surface area contributed by atoms with Crippen LogP contribution in [0.15, 0.2) is 121 Å². The average molecular weight is 541 g/mol. The van der Waals surface area contributed by atoms with E-state index < -0.39 is 36.1 Å². The molecule has 0 saturated heterocycles. The molecule has 208 valence electrons. The topological polar surface area (TPSA) is 88.4 Å². The summed E-state index contributed by atoms with van der Waals surface area (Å²) in [5.74, 6) is 0. The number of ether oxygens (including phenoxy) is 3. The molecule has 3 N–H and O–H groups in total. The Morgan fingerprint density at radius 2 is 0.875 bits per heavy atom. The van der Waals surface area contributed by atoms with E-state index in [0.29, 0.717) is 0 Å². The molecule has 0 amide bonds. The van der Waals surface area contributed by atoms with Gasteiger partial charge in [0.2, 0.25) is 0 Å². The van der Waals surface area contributed by atoms with E-state index in [-0.39, 0.29) is 26.2 Å². The van der Waals surface area contributed by atoms with Crippen LogP contribution in [0, 0.1) is 0 Å². The summed E-state index contributed by atoms with van der Waals surface area (Å²) < 4.78 is 18.8. The molecule has 6 heteroatoms. The maximum absolute atomic E-state index is 12.3. The summed E-state index contributed by atoms with van der Waals surface area (Å²) in [6.45, 7) is 0.515. The summed E-state index contributed by atoms with van der Waals surface area (Å²) >= 11 is 0. The van der Waals surface area contributed by atoms with Crippen LogP contribution in [0.5, 0.6) is 0 Å². The first kappa shape index (κ1) is 28.2. The number of aliphatic hydroxyl groups is 3. The van der Waals surface area contributed by atoms with Crippen molar-refractivity contribution in [1.29, 1.82) is 0 Å². The van der Waals surface area contributed by atoms with Gasteiger partial charge in [-0.25, -0.2) is 0 Å². The highest BCUT2D eigenvalue weighted by molar-refractivity contribution is 5.23. The highest BCUT2D eigenvalue weighted by Crippen LogP contribution is 2.39. The van der Waals surface area contributed by atoms with Crippen LogP contribution >= 0.6 is 0 Å². The van der Waals surface area contributed by atoms with Gasteiger partial charge in [-0.2, -0.15) is 0 Å². The Kier molecular flexibility index (Phi) is 9.39. The molecule has 1 aliphatic carbocycles. The standard InChI is InChI=1S/C34H36O6/c35-29-30(38-22-26-15-7-2-8-16-26)32(36)34(37,21-25-13-5-1-6-14-25)33(40-24-28-19-11-4-12-20-28)31(29)39-23-27-17-9-3-10-18-27/h1-20,29-33,35-37H,21-24H2/t29-,30-,31-,32+,33-,34-/m0/s1. The van der Waals surface area contributed by atoms with Crippen molar-refractivity contribution in [2.24, 2.45) is 0 Å². The average Bonchev–Trinajstić information content (AvgIpc) is 3.00. The first-order valence-electron chi connectivity index (χ1n) is 13.6. The Labute approximate surface area is 235 Å². The van der Waals surface area contributed by atoms with Gasteiger partial charge in [0.1, 0.15) is 36.1 Å². The van der Waals surface area contributed by atoms with Gasteiger partial charge in [0.25, 0.3) is 0 Å². The van der Waals surface area contributed by atoms with Crippen LogP contribution in [0.1, 0.15) is 22.3 Å². The van der Waals surface area contributed by atoms with Crippen molar-refractivity contribution < 1.29 is 29.5 Å². The summed E-state index contributed by atoms with van der Waals surface area (Å²) in [5.41, 5.74) is 1.70. The molecule has 4 aromatic rings. The zero-order chi connectivity index (χ0) is 27.8. The summed E-state index contributed by atoms with van der Waals surface area (Å²) in [7, 11) is 0. The third-order valence-electron chi connectivity index (χ3n) is 7.46. The Morgan fingerprint density at radius 3 is 1.32 bits per heavy atom. The third kappa shape index (κ3) is 6.67.